The number of fused-ring (bicyclic) bond motifs is 7. The predicted molar refractivity (Wildman–Crippen MR) is 295 cm³/mol. The molecule has 0 amide bonds. The Balaban J connectivity index is 1.36. The molecule has 10 rings (SSSR count). The molecule has 4 heteroatoms. The molecule has 0 spiro atoms. The Hall–Kier alpha value is -5.84. The Bertz CT molecular complexity index is 3190. The predicted octanol–water partition coefficient (Wildman–Crippen LogP) is 16.0. The molecule has 1 aromatic heterocycles. The van der Waals surface area contributed by atoms with E-state index in [9.17, 15) is 0 Å². The molecule has 7 aromatic rings. The van der Waals surface area contributed by atoms with Crippen molar-refractivity contribution in [1.29, 1.82) is 0 Å². The Morgan fingerprint density at radius 1 is 0.582 bits per heavy atom. The molecule has 0 saturated heterocycles. The van der Waals surface area contributed by atoms with Crippen LogP contribution in [0.5, 0.6) is 0 Å². The van der Waals surface area contributed by atoms with Gasteiger partial charge >= 0.3 is 0 Å². The first kappa shape index (κ1) is 45.0. The summed E-state index contributed by atoms with van der Waals surface area (Å²) in [5.41, 5.74) is 21.8. The number of benzene rings is 6. The van der Waals surface area contributed by atoms with Crippen molar-refractivity contribution in [2.75, 3.05) is 9.80 Å². The van der Waals surface area contributed by atoms with E-state index in [-0.39, 0.29) is 33.8 Å². The van der Waals surface area contributed by atoms with Gasteiger partial charge in [0.25, 0.3) is 6.71 Å². The minimum absolute atomic E-state index is 0.0130. The highest BCUT2D eigenvalue weighted by Crippen LogP contribution is 2.54. The van der Waals surface area contributed by atoms with Crippen LogP contribution in [0.15, 0.2) is 152 Å². The average molecular weight is 895 g/mol. The molecule has 0 unspecified atom stereocenters. The number of nitrogens with zero attached hydrogens (tertiary/aromatic N) is 2. The van der Waals surface area contributed by atoms with E-state index < -0.39 is 0 Å². The molecule has 0 bridgehead atoms. The normalized spacial score (nSPS) is 15.6. The van der Waals surface area contributed by atoms with Gasteiger partial charge < -0.3 is 9.80 Å². The van der Waals surface area contributed by atoms with Crippen molar-refractivity contribution in [3.63, 3.8) is 0 Å². The monoisotopic (exact) mass is 895 g/mol. The van der Waals surface area contributed by atoms with Gasteiger partial charge in [0.15, 0.2) is 0 Å². The standard InChI is InChI=1S/C63H67BN2S/c1-16-17-23-47-39(2)62(12,13)50-38-55-49(37-48(47)50)57-58(67-55)64-51-34-43(61(9,10)11)28-33-52(51)65(45-29-24-40(25-30-45)59(3,4)5)53-35-44(63(14,15)42-21-19-18-20-22-42)36-54(56(53)64)66(57)46-31-26-41(27-32-46)60(6,7)8/h16-38H,1H2,2-15H3/b23-17-. The third-order valence-electron chi connectivity index (χ3n) is 15.6. The highest BCUT2D eigenvalue weighted by Gasteiger charge is 2.47. The zero-order chi connectivity index (χ0) is 47.7. The smallest absolute Gasteiger partial charge is 0.264 e. The molecule has 0 fully saturated rings. The van der Waals surface area contributed by atoms with Crippen molar-refractivity contribution >= 4 is 83.5 Å². The van der Waals surface area contributed by atoms with Crippen LogP contribution in [0.3, 0.4) is 0 Å². The molecule has 2 aliphatic heterocycles. The summed E-state index contributed by atoms with van der Waals surface area (Å²) in [5.74, 6) is 0. The van der Waals surface area contributed by atoms with Crippen LogP contribution < -0.4 is 25.5 Å². The number of hydrogen-bond donors (Lipinski definition) is 0. The van der Waals surface area contributed by atoms with Crippen LogP contribution in [-0.4, -0.2) is 6.71 Å². The first-order chi connectivity index (χ1) is 31.5. The molecular weight excluding hydrogens is 828 g/mol. The third-order valence-corrected chi connectivity index (χ3v) is 16.8. The van der Waals surface area contributed by atoms with Gasteiger partial charge in [-0.1, -0.05) is 187 Å². The maximum absolute atomic E-state index is 4.06. The molecule has 338 valence electrons. The van der Waals surface area contributed by atoms with E-state index in [4.69, 9.17) is 0 Å². The second-order valence-corrected chi connectivity index (χ2v) is 24.7. The van der Waals surface area contributed by atoms with Gasteiger partial charge in [-0.3, -0.25) is 0 Å². The summed E-state index contributed by atoms with van der Waals surface area (Å²) < 4.78 is 2.74. The van der Waals surface area contributed by atoms with E-state index in [1.165, 1.54) is 110 Å². The van der Waals surface area contributed by atoms with Gasteiger partial charge in [-0.25, -0.2) is 0 Å². The van der Waals surface area contributed by atoms with Gasteiger partial charge in [-0.2, -0.15) is 0 Å². The van der Waals surface area contributed by atoms with Gasteiger partial charge in [0.05, 0.1) is 5.69 Å². The second-order valence-electron chi connectivity index (χ2n) is 23.6. The number of hydrogen-bond acceptors (Lipinski definition) is 3. The quantitative estimate of drug-likeness (QED) is 0.121. The number of thiophene rings is 1. The summed E-state index contributed by atoms with van der Waals surface area (Å²) in [7, 11) is 0. The van der Waals surface area contributed by atoms with Crippen molar-refractivity contribution in [3.05, 3.63) is 191 Å². The van der Waals surface area contributed by atoms with Crippen molar-refractivity contribution in [2.45, 2.75) is 124 Å². The number of rotatable bonds is 6. The Morgan fingerprint density at radius 3 is 1.70 bits per heavy atom. The van der Waals surface area contributed by atoms with Crippen LogP contribution in [0.25, 0.3) is 15.7 Å². The minimum Gasteiger partial charge on any atom is -0.311 e. The van der Waals surface area contributed by atoms with Crippen molar-refractivity contribution < 1.29 is 0 Å². The van der Waals surface area contributed by atoms with Crippen LogP contribution in [0, 0.1) is 0 Å². The molecule has 3 heterocycles. The van der Waals surface area contributed by atoms with E-state index in [1.807, 2.05) is 17.4 Å². The van der Waals surface area contributed by atoms with Crippen LogP contribution in [-0.2, 0) is 27.1 Å². The van der Waals surface area contributed by atoms with Crippen molar-refractivity contribution in [1.82, 2.24) is 0 Å². The van der Waals surface area contributed by atoms with Crippen molar-refractivity contribution in [3.8, 4) is 0 Å². The Labute approximate surface area is 405 Å². The molecule has 1 aliphatic carbocycles. The Morgan fingerprint density at radius 2 is 1.13 bits per heavy atom. The van der Waals surface area contributed by atoms with E-state index in [2.05, 4.69) is 247 Å². The van der Waals surface area contributed by atoms with Crippen molar-refractivity contribution in [2.24, 2.45) is 0 Å². The fourth-order valence-electron chi connectivity index (χ4n) is 11.0. The van der Waals surface area contributed by atoms with E-state index >= 15 is 0 Å². The average Bonchev–Trinajstić information content (AvgIpc) is 3.74. The zero-order valence-electron chi connectivity index (χ0n) is 42.4. The van der Waals surface area contributed by atoms with Gasteiger partial charge in [0.1, 0.15) is 0 Å². The maximum atomic E-state index is 4.06. The highest BCUT2D eigenvalue weighted by molar-refractivity contribution is 7.33. The Kier molecular flexibility index (Phi) is 10.3. The molecule has 6 aromatic carbocycles. The largest absolute Gasteiger partial charge is 0.311 e. The first-order valence-electron chi connectivity index (χ1n) is 24.3. The van der Waals surface area contributed by atoms with Crippen LogP contribution in [0.4, 0.5) is 34.1 Å². The second kappa shape index (κ2) is 15.3. The summed E-state index contributed by atoms with van der Waals surface area (Å²) >= 11 is 2.00. The van der Waals surface area contributed by atoms with E-state index in [0.717, 1.165) is 0 Å². The number of allylic oxidation sites excluding steroid dienone is 5. The first-order valence-corrected chi connectivity index (χ1v) is 25.1. The molecule has 67 heavy (non-hydrogen) atoms. The van der Waals surface area contributed by atoms with Gasteiger partial charge in [-0.15, -0.1) is 11.3 Å². The van der Waals surface area contributed by atoms with Crippen LogP contribution >= 0.6 is 11.3 Å². The topological polar surface area (TPSA) is 6.48 Å². The lowest BCUT2D eigenvalue weighted by molar-refractivity contribution is 0.590. The SMILES string of the molecule is C=C/C=C\C1=C(C)C(C)(C)c2cc3sc4c(c3cc21)N(c1ccc(C(C)(C)C)cc1)c1cc(C(C)(C)c2ccccc2)cc2c1B4c1cc(C(C)(C)C)ccc1N2c1ccc(C(C)(C)C)cc1. The fraction of sp³-hybridized carbons (Fsp3) is 0.302. The summed E-state index contributed by atoms with van der Waals surface area (Å²) in [6.07, 6.45) is 6.27. The summed E-state index contributed by atoms with van der Waals surface area (Å²) in [4.78, 5) is 5.25. The summed E-state index contributed by atoms with van der Waals surface area (Å²) in [5, 5.41) is 1.31. The highest BCUT2D eigenvalue weighted by atomic mass is 32.1. The minimum atomic E-state index is -0.305. The molecule has 0 N–H and O–H groups in total. The molecule has 0 radical (unpaired) electrons. The molecule has 0 atom stereocenters. The fourth-order valence-corrected chi connectivity index (χ4v) is 12.3. The van der Waals surface area contributed by atoms with Gasteiger partial charge in [-0.05, 0) is 133 Å². The lowest BCUT2D eigenvalue weighted by Crippen LogP contribution is -2.60. The lowest BCUT2D eigenvalue weighted by Gasteiger charge is -2.45. The summed E-state index contributed by atoms with van der Waals surface area (Å²) in [6, 6.07) is 47.5. The molecule has 3 aliphatic rings. The van der Waals surface area contributed by atoms with E-state index in [0.29, 0.717) is 0 Å². The summed E-state index contributed by atoms with van der Waals surface area (Å²) in [6.45, 7) is 36.9. The number of anilines is 6. The van der Waals surface area contributed by atoms with Gasteiger partial charge in [0, 0.05) is 54.1 Å². The van der Waals surface area contributed by atoms with E-state index in [1.54, 1.807) is 0 Å². The third kappa shape index (κ3) is 7.11. The van der Waals surface area contributed by atoms with Crippen LogP contribution in [0.2, 0.25) is 0 Å². The van der Waals surface area contributed by atoms with Gasteiger partial charge in [0.2, 0.25) is 0 Å². The molecule has 2 nitrogen and oxygen atoms in total. The maximum Gasteiger partial charge on any atom is 0.264 e. The molecular formula is C63H67BN2S. The molecule has 0 saturated carbocycles. The zero-order valence-corrected chi connectivity index (χ0v) is 43.2. The van der Waals surface area contributed by atoms with Crippen LogP contribution in [0.1, 0.15) is 136 Å². The lowest BCUT2D eigenvalue weighted by atomic mass is 9.36.